The van der Waals surface area contributed by atoms with Crippen molar-refractivity contribution in [1.82, 2.24) is 0 Å². The first-order valence-electron chi connectivity index (χ1n) is 11.7. The summed E-state index contributed by atoms with van der Waals surface area (Å²) in [5, 5.41) is 11.9. The van der Waals surface area contributed by atoms with E-state index >= 15 is 0 Å². The molecule has 0 spiro atoms. The number of benzene rings is 3. The van der Waals surface area contributed by atoms with Crippen molar-refractivity contribution in [3.8, 4) is 17.2 Å². The van der Waals surface area contributed by atoms with E-state index in [1.807, 2.05) is 24.3 Å². The number of nitrogens with one attached hydrogen (secondary N) is 1. The molecule has 2 N–H and O–H groups in total. The van der Waals surface area contributed by atoms with Crippen LogP contribution in [0.1, 0.15) is 66.2 Å². The van der Waals surface area contributed by atoms with Crippen molar-refractivity contribution in [3.63, 3.8) is 0 Å². The van der Waals surface area contributed by atoms with Gasteiger partial charge < -0.3 is 19.9 Å². The van der Waals surface area contributed by atoms with Gasteiger partial charge in [0.25, 0.3) is 5.91 Å². The first kappa shape index (κ1) is 24.8. The van der Waals surface area contributed by atoms with Gasteiger partial charge in [-0.05, 0) is 67.1 Å². The Morgan fingerprint density at radius 2 is 1.35 bits per heavy atom. The molecule has 0 saturated carbocycles. The van der Waals surface area contributed by atoms with Crippen LogP contribution in [0, 0.1) is 0 Å². The molecule has 0 aliphatic carbocycles. The largest absolute Gasteiger partial charge is 0.494 e. The van der Waals surface area contributed by atoms with Crippen LogP contribution in [-0.2, 0) is 0 Å². The van der Waals surface area contributed by atoms with Crippen LogP contribution in [0.4, 0.5) is 5.69 Å². The second-order valence-electron chi connectivity index (χ2n) is 8.02. The highest BCUT2D eigenvalue weighted by Gasteiger charge is 2.13. The van der Waals surface area contributed by atoms with E-state index in [9.17, 15) is 14.7 Å². The summed E-state index contributed by atoms with van der Waals surface area (Å²) in [5.74, 6) is 0.572. The molecule has 0 fully saturated rings. The smallest absolute Gasteiger partial charge is 0.337 e. The lowest BCUT2D eigenvalue weighted by molar-refractivity contribution is 0.0698. The lowest BCUT2D eigenvalue weighted by atomic mass is 10.1. The molecule has 1 amide bonds. The lowest BCUT2D eigenvalue weighted by Gasteiger charge is -2.10. The van der Waals surface area contributed by atoms with Crippen molar-refractivity contribution in [1.29, 1.82) is 0 Å². The third kappa shape index (κ3) is 7.66. The number of aromatic carboxylic acids is 1. The Morgan fingerprint density at radius 3 is 2.03 bits per heavy atom. The normalized spacial score (nSPS) is 10.5. The molecule has 0 unspecified atom stereocenters. The van der Waals surface area contributed by atoms with Gasteiger partial charge in [-0.15, -0.1) is 0 Å². The number of carbonyl (C=O) groups is 2. The van der Waals surface area contributed by atoms with Crippen LogP contribution in [0.15, 0.2) is 72.8 Å². The Balaban J connectivity index is 1.48. The van der Waals surface area contributed by atoms with E-state index < -0.39 is 11.9 Å². The SMILES string of the molecule is CCCCCCCCOc1ccc(Oc2ccc(C(=O)Nc3ccccc3C(=O)O)cc2)cc1. The summed E-state index contributed by atoms with van der Waals surface area (Å²) in [6.45, 7) is 2.93. The number of para-hydroxylation sites is 1. The van der Waals surface area contributed by atoms with Gasteiger partial charge in [0.15, 0.2) is 0 Å². The van der Waals surface area contributed by atoms with E-state index in [4.69, 9.17) is 9.47 Å². The number of carbonyl (C=O) groups excluding carboxylic acids is 1. The van der Waals surface area contributed by atoms with E-state index in [0.717, 1.165) is 12.2 Å². The highest BCUT2D eigenvalue weighted by atomic mass is 16.5. The standard InChI is InChI=1S/C28H31NO5/c1-2-3-4-5-6-9-20-33-22-16-18-24(19-17-22)34-23-14-12-21(13-15-23)27(30)29-26-11-8-7-10-25(26)28(31)32/h7-8,10-19H,2-6,9,20H2,1H3,(H,29,30)(H,31,32). The maximum absolute atomic E-state index is 12.5. The molecule has 6 nitrogen and oxygen atoms in total. The minimum atomic E-state index is -1.10. The highest BCUT2D eigenvalue weighted by Crippen LogP contribution is 2.25. The molecule has 0 aliphatic heterocycles. The second-order valence-corrected chi connectivity index (χ2v) is 8.02. The Hall–Kier alpha value is -3.80. The zero-order valence-electron chi connectivity index (χ0n) is 19.5. The van der Waals surface area contributed by atoms with Crippen molar-refractivity contribution in [2.24, 2.45) is 0 Å². The Morgan fingerprint density at radius 1 is 0.765 bits per heavy atom. The predicted molar refractivity (Wildman–Crippen MR) is 133 cm³/mol. The number of carboxylic acids is 1. The van der Waals surface area contributed by atoms with Gasteiger partial charge in [0.1, 0.15) is 17.2 Å². The average molecular weight is 462 g/mol. The van der Waals surface area contributed by atoms with Gasteiger partial charge in [-0.2, -0.15) is 0 Å². The van der Waals surface area contributed by atoms with Crippen LogP contribution in [0.25, 0.3) is 0 Å². The highest BCUT2D eigenvalue weighted by molar-refractivity contribution is 6.07. The molecule has 0 bridgehead atoms. The lowest BCUT2D eigenvalue weighted by Crippen LogP contribution is -2.14. The van der Waals surface area contributed by atoms with Gasteiger partial charge in [0.2, 0.25) is 0 Å². The van der Waals surface area contributed by atoms with E-state index in [1.165, 1.54) is 38.2 Å². The summed E-state index contributed by atoms with van der Waals surface area (Å²) in [6.07, 6.45) is 7.38. The average Bonchev–Trinajstić information content (AvgIpc) is 2.85. The molecule has 0 heterocycles. The van der Waals surface area contributed by atoms with Crippen molar-refractivity contribution < 1.29 is 24.2 Å². The van der Waals surface area contributed by atoms with Crippen molar-refractivity contribution >= 4 is 17.6 Å². The molecular formula is C28H31NO5. The Labute approximate surface area is 200 Å². The van der Waals surface area contributed by atoms with Gasteiger partial charge in [0, 0.05) is 5.56 Å². The molecule has 3 aromatic rings. The first-order valence-corrected chi connectivity index (χ1v) is 11.7. The number of rotatable bonds is 13. The Bertz CT molecular complexity index is 1060. The molecule has 6 heteroatoms. The van der Waals surface area contributed by atoms with Gasteiger partial charge in [0.05, 0.1) is 17.9 Å². The monoisotopic (exact) mass is 461 g/mol. The fourth-order valence-electron chi connectivity index (χ4n) is 3.46. The minimum Gasteiger partial charge on any atom is -0.494 e. The van der Waals surface area contributed by atoms with E-state index in [2.05, 4.69) is 12.2 Å². The predicted octanol–water partition coefficient (Wildman–Crippen LogP) is 7.17. The maximum Gasteiger partial charge on any atom is 0.337 e. The van der Waals surface area contributed by atoms with Gasteiger partial charge >= 0.3 is 5.97 Å². The first-order chi connectivity index (χ1) is 16.6. The zero-order chi connectivity index (χ0) is 24.2. The summed E-state index contributed by atoms with van der Waals surface area (Å²) in [5.41, 5.74) is 0.681. The third-order valence-electron chi connectivity index (χ3n) is 5.35. The molecule has 0 aliphatic rings. The van der Waals surface area contributed by atoms with Gasteiger partial charge in [-0.1, -0.05) is 51.2 Å². The molecule has 34 heavy (non-hydrogen) atoms. The summed E-state index contributed by atoms with van der Waals surface area (Å²) in [4.78, 5) is 23.8. The number of amides is 1. The van der Waals surface area contributed by atoms with E-state index in [0.29, 0.717) is 23.7 Å². The summed E-state index contributed by atoms with van der Waals surface area (Å²) in [6, 6.07) is 20.4. The number of hydrogen-bond donors (Lipinski definition) is 2. The molecular weight excluding hydrogens is 430 g/mol. The zero-order valence-corrected chi connectivity index (χ0v) is 19.5. The van der Waals surface area contributed by atoms with Crippen LogP contribution in [0.3, 0.4) is 0 Å². The van der Waals surface area contributed by atoms with Gasteiger partial charge in [-0.25, -0.2) is 4.79 Å². The molecule has 3 aromatic carbocycles. The number of carboxylic acid groups (broad SMARTS) is 1. The fraction of sp³-hybridized carbons (Fsp3) is 0.286. The molecule has 0 radical (unpaired) electrons. The van der Waals surface area contributed by atoms with Crippen LogP contribution < -0.4 is 14.8 Å². The molecule has 0 saturated heterocycles. The molecule has 3 rings (SSSR count). The molecule has 0 aromatic heterocycles. The maximum atomic E-state index is 12.5. The summed E-state index contributed by atoms with van der Waals surface area (Å²) < 4.78 is 11.6. The second kappa shape index (κ2) is 13.0. The van der Waals surface area contributed by atoms with Gasteiger partial charge in [-0.3, -0.25) is 4.79 Å². The molecule has 178 valence electrons. The molecule has 0 atom stereocenters. The number of ether oxygens (including phenoxy) is 2. The Kier molecular flexibility index (Phi) is 9.52. The number of unbranched alkanes of at least 4 members (excludes halogenated alkanes) is 5. The van der Waals surface area contributed by atoms with E-state index in [-0.39, 0.29) is 11.3 Å². The third-order valence-corrected chi connectivity index (χ3v) is 5.35. The minimum absolute atomic E-state index is 0.0372. The fourth-order valence-corrected chi connectivity index (χ4v) is 3.46. The van der Waals surface area contributed by atoms with Crippen molar-refractivity contribution in [2.75, 3.05) is 11.9 Å². The topological polar surface area (TPSA) is 84.9 Å². The number of anilines is 1. The number of hydrogen-bond acceptors (Lipinski definition) is 4. The quantitative estimate of drug-likeness (QED) is 0.264. The van der Waals surface area contributed by atoms with Crippen molar-refractivity contribution in [2.45, 2.75) is 45.4 Å². The summed E-state index contributed by atoms with van der Waals surface area (Å²) in [7, 11) is 0. The van der Waals surface area contributed by atoms with Crippen LogP contribution >= 0.6 is 0 Å². The van der Waals surface area contributed by atoms with E-state index in [1.54, 1.807) is 42.5 Å². The van der Waals surface area contributed by atoms with Crippen LogP contribution in [-0.4, -0.2) is 23.6 Å². The summed E-state index contributed by atoms with van der Waals surface area (Å²) >= 11 is 0. The van der Waals surface area contributed by atoms with Crippen LogP contribution in [0.5, 0.6) is 17.2 Å². The van der Waals surface area contributed by atoms with Crippen molar-refractivity contribution in [3.05, 3.63) is 83.9 Å². The van der Waals surface area contributed by atoms with Crippen LogP contribution in [0.2, 0.25) is 0 Å².